The van der Waals surface area contributed by atoms with Crippen LogP contribution in [-0.4, -0.2) is 20.5 Å². The van der Waals surface area contributed by atoms with Crippen LogP contribution in [0.3, 0.4) is 0 Å². The predicted molar refractivity (Wildman–Crippen MR) is 157 cm³/mol. The molecular weight excluding hydrogens is 503 g/mol. The highest BCUT2D eigenvalue weighted by Crippen LogP contribution is 2.29. The number of anilines is 1. The Morgan fingerprint density at radius 3 is 2.25 bits per heavy atom. The van der Waals surface area contributed by atoms with E-state index in [0.29, 0.717) is 28.8 Å². The highest BCUT2D eigenvalue weighted by Gasteiger charge is 2.30. The van der Waals surface area contributed by atoms with Crippen LogP contribution in [0.4, 0.5) is 14.9 Å². The number of benzene rings is 4. The van der Waals surface area contributed by atoms with Gasteiger partial charge >= 0.3 is 6.03 Å². The topological polar surface area (TPSA) is 67.2 Å². The molecule has 5 aromatic rings. The van der Waals surface area contributed by atoms with E-state index in [-0.39, 0.29) is 17.8 Å². The number of nitrogens with zero attached hydrogens (tertiary/aromatic N) is 3. The molecule has 0 aliphatic carbocycles. The van der Waals surface area contributed by atoms with E-state index in [9.17, 15) is 14.0 Å². The van der Waals surface area contributed by atoms with Crippen molar-refractivity contribution in [2.75, 3.05) is 5.32 Å². The number of para-hydroxylation sites is 2. The number of aryl methyl sites for hydroxylation is 1. The summed E-state index contributed by atoms with van der Waals surface area (Å²) in [6.45, 7) is 4.26. The molecule has 0 saturated heterocycles. The monoisotopic (exact) mass is 534 g/mol. The van der Waals surface area contributed by atoms with Crippen molar-refractivity contribution in [3.05, 3.63) is 136 Å². The van der Waals surface area contributed by atoms with E-state index in [0.717, 1.165) is 17.5 Å². The standard InChI is InChI=1S/C33H31FN4O2/c1-3-23-18-20-25(21-19-23)38-31(35-28-16-10-8-14-26(28)32(38)39)30(4-2)37(22-24-12-6-5-7-13-24)33(40)36-29-17-11-9-15-27(29)34/h5-21,30H,3-4,22H2,1-2H3,(H,36,40). The lowest BCUT2D eigenvalue weighted by atomic mass is 10.1. The average Bonchev–Trinajstić information content (AvgIpc) is 2.99. The lowest BCUT2D eigenvalue weighted by Gasteiger charge is -2.32. The molecule has 7 heteroatoms. The second-order valence-electron chi connectivity index (χ2n) is 9.60. The van der Waals surface area contributed by atoms with E-state index < -0.39 is 17.9 Å². The van der Waals surface area contributed by atoms with Gasteiger partial charge in [0.25, 0.3) is 5.56 Å². The first-order chi connectivity index (χ1) is 19.5. The van der Waals surface area contributed by atoms with E-state index in [1.54, 1.807) is 33.7 Å². The number of hydrogen-bond acceptors (Lipinski definition) is 3. The maximum absolute atomic E-state index is 14.5. The fourth-order valence-corrected chi connectivity index (χ4v) is 4.90. The van der Waals surface area contributed by atoms with Gasteiger partial charge in [0.1, 0.15) is 11.6 Å². The van der Waals surface area contributed by atoms with Crippen LogP contribution in [0.1, 0.15) is 43.3 Å². The number of carbonyl (C=O) groups is 1. The van der Waals surface area contributed by atoms with Gasteiger partial charge in [0.15, 0.2) is 0 Å². The van der Waals surface area contributed by atoms with E-state index in [4.69, 9.17) is 4.98 Å². The van der Waals surface area contributed by atoms with Crippen LogP contribution in [0.25, 0.3) is 16.6 Å². The predicted octanol–water partition coefficient (Wildman–Crippen LogP) is 7.27. The Hall–Kier alpha value is -4.78. The van der Waals surface area contributed by atoms with E-state index in [1.807, 2.05) is 73.7 Å². The molecule has 202 valence electrons. The van der Waals surface area contributed by atoms with Crippen LogP contribution < -0.4 is 10.9 Å². The van der Waals surface area contributed by atoms with Gasteiger partial charge in [-0.15, -0.1) is 0 Å². The fourth-order valence-electron chi connectivity index (χ4n) is 4.90. The minimum atomic E-state index is -0.602. The number of halogens is 1. The molecule has 1 unspecified atom stereocenters. The lowest BCUT2D eigenvalue weighted by molar-refractivity contribution is 0.177. The number of fused-ring (bicyclic) bond motifs is 1. The maximum atomic E-state index is 14.5. The zero-order valence-corrected chi connectivity index (χ0v) is 22.5. The maximum Gasteiger partial charge on any atom is 0.322 e. The van der Waals surface area contributed by atoms with Gasteiger partial charge in [-0.2, -0.15) is 0 Å². The van der Waals surface area contributed by atoms with Crippen molar-refractivity contribution in [1.29, 1.82) is 0 Å². The molecule has 0 aliphatic heterocycles. The third-order valence-corrected chi connectivity index (χ3v) is 7.04. The molecule has 1 heterocycles. The van der Waals surface area contributed by atoms with Crippen LogP contribution in [0, 0.1) is 5.82 Å². The van der Waals surface area contributed by atoms with Gasteiger partial charge in [-0.05, 0) is 60.4 Å². The first kappa shape index (κ1) is 26.8. The summed E-state index contributed by atoms with van der Waals surface area (Å²) in [5.74, 6) is -0.0876. The van der Waals surface area contributed by atoms with Crippen molar-refractivity contribution in [2.45, 2.75) is 39.3 Å². The van der Waals surface area contributed by atoms with Crippen molar-refractivity contribution in [3.8, 4) is 5.69 Å². The van der Waals surface area contributed by atoms with Gasteiger partial charge in [0.2, 0.25) is 0 Å². The molecule has 0 radical (unpaired) electrons. The summed E-state index contributed by atoms with van der Waals surface area (Å²) in [5, 5.41) is 3.23. The number of rotatable bonds is 8. The Kier molecular flexibility index (Phi) is 8.01. The number of carbonyl (C=O) groups excluding carboxylic acids is 1. The second-order valence-corrected chi connectivity index (χ2v) is 9.60. The Balaban J connectivity index is 1.68. The first-order valence-electron chi connectivity index (χ1n) is 13.5. The molecule has 0 aliphatic rings. The second kappa shape index (κ2) is 11.9. The summed E-state index contributed by atoms with van der Waals surface area (Å²) in [5.41, 5.74) is 3.14. The third kappa shape index (κ3) is 5.50. The zero-order valence-electron chi connectivity index (χ0n) is 22.5. The van der Waals surface area contributed by atoms with Gasteiger partial charge in [0.05, 0.1) is 28.3 Å². The zero-order chi connectivity index (χ0) is 28.1. The molecule has 1 atom stereocenters. The molecule has 1 N–H and O–H groups in total. The Morgan fingerprint density at radius 1 is 0.875 bits per heavy atom. The van der Waals surface area contributed by atoms with Crippen LogP contribution in [-0.2, 0) is 13.0 Å². The molecule has 0 fully saturated rings. The number of amides is 2. The minimum absolute atomic E-state index is 0.0828. The molecule has 40 heavy (non-hydrogen) atoms. The van der Waals surface area contributed by atoms with Crippen molar-refractivity contribution in [3.63, 3.8) is 0 Å². The summed E-state index contributed by atoms with van der Waals surface area (Å²) in [6, 6.07) is 29.6. The summed E-state index contributed by atoms with van der Waals surface area (Å²) in [7, 11) is 0. The summed E-state index contributed by atoms with van der Waals surface area (Å²) < 4.78 is 16.1. The fraction of sp³-hybridized carbons (Fsp3) is 0.182. The SMILES string of the molecule is CCc1ccc(-n2c(C(CC)N(Cc3ccccc3)C(=O)Nc3ccccc3F)nc3ccccc3c2=O)cc1. The highest BCUT2D eigenvalue weighted by molar-refractivity contribution is 5.89. The molecule has 0 saturated carbocycles. The van der Waals surface area contributed by atoms with Gasteiger partial charge in [-0.1, -0.05) is 80.6 Å². The number of hydrogen-bond donors (Lipinski definition) is 1. The first-order valence-corrected chi connectivity index (χ1v) is 13.5. The Morgan fingerprint density at radius 2 is 1.55 bits per heavy atom. The average molecular weight is 535 g/mol. The van der Waals surface area contributed by atoms with Gasteiger partial charge in [-0.25, -0.2) is 14.2 Å². The number of nitrogens with one attached hydrogen (secondary N) is 1. The minimum Gasteiger partial charge on any atom is -0.310 e. The molecule has 2 amide bonds. The largest absolute Gasteiger partial charge is 0.322 e. The van der Waals surface area contributed by atoms with Crippen LogP contribution in [0.15, 0.2) is 108 Å². The third-order valence-electron chi connectivity index (χ3n) is 7.04. The Bertz CT molecular complexity index is 1680. The van der Waals surface area contributed by atoms with Gasteiger partial charge in [-0.3, -0.25) is 9.36 Å². The number of urea groups is 1. The quantitative estimate of drug-likeness (QED) is 0.228. The lowest BCUT2D eigenvalue weighted by Crippen LogP contribution is -2.40. The summed E-state index contributed by atoms with van der Waals surface area (Å²) >= 11 is 0. The highest BCUT2D eigenvalue weighted by atomic mass is 19.1. The Labute approximate surface area is 232 Å². The smallest absolute Gasteiger partial charge is 0.310 e. The molecule has 5 rings (SSSR count). The van der Waals surface area contributed by atoms with Gasteiger partial charge in [0, 0.05) is 6.54 Å². The van der Waals surface area contributed by atoms with E-state index in [2.05, 4.69) is 12.2 Å². The molecule has 4 aromatic carbocycles. The molecule has 0 bridgehead atoms. The van der Waals surface area contributed by atoms with Crippen molar-refractivity contribution >= 4 is 22.6 Å². The normalized spacial score (nSPS) is 11.8. The van der Waals surface area contributed by atoms with Gasteiger partial charge < -0.3 is 10.2 Å². The summed E-state index contributed by atoms with van der Waals surface area (Å²) in [4.78, 5) is 34.4. The van der Waals surface area contributed by atoms with Crippen LogP contribution in [0.2, 0.25) is 0 Å². The van der Waals surface area contributed by atoms with Crippen LogP contribution >= 0.6 is 0 Å². The van der Waals surface area contributed by atoms with Crippen molar-refractivity contribution < 1.29 is 9.18 Å². The van der Waals surface area contributed by atoms with Crippen LogP contribution in [0.5, 0.6) is 0 Å². The molecule has 1 aromatic heterocycles. The summed E-state index contributed by atoms with van der Waals surface area (Å²) in [6.07, 6.45) is 1.34. The number of aromatic nitrogens is 2. The molecular formula is C33H31FN4O2. The molecule has 0 spiro atoms. The van der Waals surface area contributed by atoms with Crippen molar-refractivity contribution in [2.24, 2.45) is 0 Å². The van der Waals surface area contributed by atoms with Crippen molar-refractivity contribution in [1.82, 2.24) is 14.5 Å². The van der Waals surface area contributed by atoms with E-state index in [1.165, 1.54) is 12.1 Å². The van der Waals surface area contributed by atoms with E-state index >= 15 is 0 Å². The molecule has 6 nitrogen and oxygen atoms in total.